The average Bonchev–Trinajstić information content (AvgIpc) is 2.47. The Hall–Kier alpha value is 0.0600. The van der Waals surface area contributed by atoms with Crippen molar-refractivity contribution in [1.82, 2.24) is 0 Å². The molecule has 0 amide bonds. The predicted octanol–water partition coefficient (Wildman–Crippen LogP) is 6.81. The second-order valence-corrected chi connectivity index (χ2v) is 6.34. The van der Waals surface area contributed by atoms with Crippen LogP contribution in [0, 0.1) is 0 Å². The van der Waals surface area contributed by atoms with Crippen molar-refractivity contribution in [2.45, 2.75) is 103 Å². The number of unbranched alkanes of at least 4 members (excludes halogenated alkanes) is 14. The van der Waals surface area contributed by atoms with E-state index in [1.54, 1.807) is 0 Å². The van der Waals surface area contributed by atoms with E-state index in [0.29, 0.717) is 6.61 Å². The Morgan fingerprint density at radius 3 is 1.30 bits per heavy atom. The van der Waals surface area contributed by atoms with Crippen LogP contribution in [0.25, 0.3) is 0 Å². The van der Waals surface area contributed by atoms with E-state index in [-0.39, 0.29) is 0 Å². The average molecular weight is 303 g/mol. The molecule has 0 aromatic carbocycles. The van der Waals surface area contributed by atoms with E-state index in [1.807, 2.05) is 0 Å². The summed E-state index contributed by atoms with van der Waals surface area (Å²) in [5, 5.41) is 0. The molecule has 0 spiro atoms. The Labute approximate surface area is 128 Å². The lowest BCUT2D eigenvalue weighted by Gasteiger charge is -2.02. The van der Waals surface area contributed by atoms with Gasteiger partial charge in [0.05, 0.1) is 0 Å². The standard InChI is InChI=1S/C17H36O2P/c1-2-3-4-5-6-7-8-9-10-11-12-13-14-15-16-17-19-20-18/h20H,2-17H2,1H3/q+1. The van der Waals surface area contributed by atoms with Crippen LogP contribution < -0.4 is 0 Å². The van der Waals surface area contributed by atoms with Gasteiger partial charge in [-0.3, -0.25) is 0 Å². The normalized spacial score (nSPS) is 11.2. The van der Waals surface area contributed by atoms with E-state index in [1.165, 1.54) is 89.9 Å². The highest BCUT2D eigenvalue weighted by Gasteiger charge is 1.95. The number of rotatable bonds is 17. The molecule has 0 aromatic heterocycles. The van der Waals surface area contributed by atoms with Gasteiger partial charge in [-0.05, 0) is 11.0 Å². The first-order chi connectivity index (χ1) is 9.91. The Kier molecular flexibility index (Phi) is 19.1. The van der Waals surface area contributed by atoms with Gasteiger partial charge >= 0.3 is 8.69 Å². The zero-order valence-corrected chi connectivity index (χ0v) is 14.6. The molecule has 0 heterocycles. The number of hydrogen-bond acceptors (Lipinski definition) is 2. The van der Waals surface area contributed by atoms with E-state index >= 15 is 0 Å². The molecule has 1 atom stereocenters. The Bertz CT molecular complexity index is 186. The molecule has 0 aliphatic heterocycles. The van der Waals surface area contributed by atoms with Gasteiger partial charge in [0.1, 0.15) is 6.61 Å². The summed E-state index contributed by atoms with van der Waals surface area (Å²) in [5.41, 5.74) is 0. The number of hydrogen-bond donors (Lipinski definition) is 0. The minimum absolute atomic E-state index is 0.581. The quantitative estimate of drug-likeness (QED) is 0.218. The third-order valence-corrected chi connectivity index (χ3v) is 4.23. The first-order valence-electron chi connectivity index (χ1n) is 8.90. The molecule has 0 aliphatic carbocycles. The molecule has 0 rings (SSSR count). The van der Waals surface area contributed by atoms with Gasteiger partial charge < -0.3 is 0 Å². The zero-order valence-electron chi connectivity index (χ0n) is 13.6. The summed E-state index contributed by atoms with van der Waals surface area (Å²) < 4.78 is 14.9. The summed E-state index contributed by atoms with van der Waals surface area (Å²) in [7, 11) is -0.581. The van der Waals surface area contributed by atoms with Crippen molar-refractivity contribution < 1.29 is 9.09 Å². The van der Waals surface area contributed by atoms with E-state index < -0.39 is 8.69 Å². The molecule has 0 saturated heterocycles. The van der Waals surface area contributed by atoms with Crippen molar-refractivity contribution in [3.05, 3.63) is 0 Å². The lowest BCUT2D eigenvalue weighted by Crippen LogP contribution is -1.86. The highest BCUT2D eigenvalue weighted by molar-refractivity contribution is 7.17. The minimum Gasteiger partial charge on any atom is -0.148 e. The van der Waals surface area contributed by atoms with E-state index in [4.69, 9.17) is 4.52 Å². The molecule has 0 aliphatic rings. The summed E-state index contributed by atoms with van der Waals surface area (Å²) in [6.07, 6.45) is 20.6. The molecule has 0 N–H and O–H groups in total. The smallest absolute Gasteiger partial charge is 0.148 e. The first-order valence-corrected chi connectivity index (χ1v) is 9.72. The van der Waals surface area contributed by atoms with E-state index in [0.717, 1.165) is 6.42 Å². The molecule has 0 radical (unpaired) electrons. The van der Waals surface area contributed by atoms with Gasteiger partial charge in [0.15, 0.2) is 0 Å². The van der Waals surface area contributed by atoms with Crippen LogP contribution in [0.15, 0.2) is 0 Å². The first kappa shape index (κ1) is 20.1. The van der Waals surface area contributed by atoms with Crippen LogP contribution in [0.5, 0.6) is 0 Å². The van der Waals surface area contributed by atoms with Crippen molar-refractivity contribution in [1.29, 1.82) is 0 Å². The second kappa shape index (κ2) is 19.1. The van der Waals surface area contributed by atoms with Crippen molar-refractivity contribution in [2.24, 2.45) is 0 Å². The second-order valence-electron chi connectivity index (χ2n) is 5.88. The van der Waals surface area contributed by atoms with Gasteiger partial charge in [-0.25, -0.2) is 0 Å². The van der Waals surface area contributed by atoms with E-state index in [2.05, 4.69) is 6.92 Å². The minimum atomic E-state index is -0.581. The van der Waals surface area contributed by atoms with Gasteiger partial charge in [0.25, 0.3) is 0 Å². The summed E-state index contributed by atoms with van der Waals surface area (Å²) in [5.74, 6) is 0. The van der Waals surface area contributed by atoms with Crippen LogP contribution in [0.4, 0.5) is 0 Å². The van der Waals surface area contributed by atoms with Crippen LogP contribution in [-0.4, -0.2) is 6.61 Å². The molecule has 0 saturated carbocycles. The fourth-order valence-electron chi connectivity index (χ4n) is 2.59. The molecular weight excluding hydrogens is 267 g/mol. The Balaban J connectivity index is 2.90. The van der Waals surface area contributed by atoms with Crippen LogP contribution in [0.2, 0.25) is 0 Å². The fourth-order valence-corrected chi connectivity index (χ4v) is 2.81. The molecule has 0 aromatic rings. The lowest BCUT2D eigenvalue weighted by atomic mass is 10.0. The third kappa shape index (κ3) is 18.1. The summed E-state index contributed by atoms with van der Waals surface area (Å²) in [6.45, 7) is 2.95. The van der Waals surface area contributed by atoms with Crippen molar-refractivity contribution >= 4 is 8.69 Å². The molecule has 0 bridgehead atoms. The van der Waals surface area contributed by atoms with Crippen molar-refractivity contribution in [3.8, 4) is 0 Å². The molecule has 0 fully saturated rings. The molecular formula is C17H36O2P+. The molecule has 1 unspecified atom stereocenters. The largest absolute Gasteiger partial charge is 0.494 e. The van der Waals surface area contributed by atoms with Gasteiger partial charge in [-0.1, -0.05) is 96.8 Å². The van der Waals surface area contributed by atoms with Gasteiger partial charge in [-0.15, -0.1) is 4.52 Å². The molecule has 2 nitrogen and oxygen atoms in total. The fraction of sp³-hybridized carbons (Fsp3) is 1.00. The zero-order chi connectivity index (χ0) is 14.7. The molecule has 120 valence electrons. The molecule has 3 heteroatoms. The summed E-state index contributed by atoms with van der Waals surface area (Å²) in [6, 6.07) is 0. The maximum atomic E-state index is 10.1. The van der Waals surface area contributed by atoms with Crippen LogP contribution >= 0.6 is 8.69 Å². The lowest BCUT2D eigenvalue weighted by molar-refractivity contribution is 0.328. The van der Waals surface area contributed by atoms with Crippen LogP contribution in [0.3, 0.4) is 0 Å². The highest BCUT2D eigenvalue weighted by Crippen LogP contribution is 2.13. The maximum Gasteiger partial charge on any atom is 0.494 e. The Morgan fingerprint density at radius 1 is 0.600 bits per heavy atom. The van der Waals surface area contributed by atoms with Crippen LogP contribution in [-0.2, 0) is 9.09 Å². The van der Waals surface area contributed by atoms with E-state index in [9.17, 15) is 4.57 Å². The predicted molar refractivity (Wildman–Crippen MR) is 89.9 cm³/mol. The monoisotopic (exact) mass is 303 g/mol. The summed E-state index contributed by atoms with van der Waals surface area (Å²) in [4.78, 5) is 0. The van der Waals surface area contributed by atoms with Crippen LogP contribution in [0.1, 0.15) is 103 Å². The third-order valence-electron chi connectivity index (χ3n) is 3.91. The maximum absolute atomic E-state index is 10.1. The highest BCUT2D eigenvalue weighted by atomic mass is 31.1. The van der Waals surface area contributed by atoms with Crippen molar-refractivity contribution in [3.63, 3.8) is 0 Å². The molecule has 20 heavy (non-hydrogen) atoms. The summed E-state index contributed by atoms with van der Waals surface area (Å²) >= 11 is 0. The van der Waals surface area contributed by atoms with Gasteiger partial charge in [-0.2, -0.15) is 0 Å². The van der Waals surface area contributed by atoms with Gasteiger partial charge in [0.2, 0.25) is 0 Å². The topological polar surface area (TPSA) is 26.3 Å². The Morgan fingerprint density at radius 2 is 0.950 bits per heavy atom. The SMILES string of the molecule is CCCCCCCCCCCCCCCCCO[PH+]=O. The van der Waals surface area contributed by atoms with Gasteiger partial charge in [0, 0.05) is 0 Å². The van der Waals surface area contributed by atoms with Crippen molar-refractivity contribution in [2.75, 3.05) is 6.61 Å².